The van der Waals surface area contributed by atoms with E-state index in [9.17, 15) is 19.5 Å². The first-order valence-electron chi connectivity index (χ1n) is 9.02. The van der Waals surface area contributed by atoms with Gasteiger partial charge in [0.2, 0.25) is 0 Å². The van der Waals surface area contributed by atoms with Gasteiger partial charge in [-0.3, -0.25) is 9.59 Å². The molecule has 6 nitrogen and oxygen atoms in total. The number of carbonyl (C=O) groups is 3. The lowest BCUT2D eigenvalue weighted by Gasteiger charge is -2.44. The van der Waals surface area contributed by atoms with Gasteiger partial charge >= 0.3 is 11.9 Å². The predicted molar refractivity (Wildman–Crippen MR) is 88.4 cm³/mol. The summed E-state index contributed by atoms with van der Waals surface area (Å²) in [5.74, 6) is -1.64. The molecule has 138 valence electrons. The highest BCUT2D eigenvalue weighted by atomic mass is 16.6. The van der Waals surface area contributed by atoms with Gasteiger partial charge in [-0.2, -0.15) is 0 Å². The van der Waals surface area contributed by atoms with E-state index < -0.39 is 29.2 Å². The Hall–Kier alpha value is -1.69. The van der Waals surface area contributed by atoms with Gasteiger partial charge < -0.3 is 14.6 Å². The maximum atomic E-state index is 12.7. The van der Waals surface area contributed by atoms with Gasteiger partial charge in [-0.05, 0) is 32.6 Å². The quantitative estimate of drug-likeness (QED) is 0.618. The number of Topliss-reactive ketones (excluding diaryl/α,β-unsaturated/α-hetero) is 1. The minimum Gasteiger partial charge on any atom is -0.459 e. The molecule has 3 aliphatic rings. The molecule has 3 rings (SSSR count). The number of esters is 2. The monoisotopic (exact) mass is 350 g/mol. The lowest BCUT2D eigenvalue weighted by molar-refractivity contribution is -0.199. The molecule has 2 saturated carbocycles. The molecule has 1 aliphatic heterocycles. The molecule has 6 atom stereocenters. The summed E-state index contributed by atoms with van der Waals surface area (Å²) in [5.41, 5.74) is -2.48. The topological polar surface area (TPSA) is 89.9 Å². The summed E-state index contributed by atoms with van der Waals surface area (Å²) in [7, 11) is 0. The fourth-order valence-corrected chi connectivity index (χ4v) is 4.57. The first-order chi connectivity index (χ1) is 11.7. The average molecular weight is 350 g/mol. The Morgan fingerprint density at radius 1 is 1.44 bits per heavy atom. The largest absolute Gasteiger partial charge is 0.459 e. The van der Waals surface area contributed by atoms with Crippen molar-refractivity contribution in [2.45, 2.75) is 70.7 Å². The smallest absolute Gasteiger partial charge is 0.334 e. The number of ketones is 1. The summed E-state index contributed by atoms with van der Waals surface area (Å²) in [6.07, 6.45) is 0.338. The van der Waals surface area contributed by atoms with Gasteiger partial charge in [0.25, 0.3) is 0 Å². The molecule has 0 radical (unpaired) electrons. The minimum absolute atomic E-state index is 0.154. The third kappa shape index (κ3) is 2.37. The van der Waals surface area contributed by atoms with Crippen LogP contribution in [-0.4, -0.2) is 40.6 Å². The molecular weight excluding hydrogens is 324 g/mol. The maximum Gasteiger partial charge on any atom is 0.334 e. The number of aliphatic hydroxyl groups is 1. The summed E-state index contributed by atoms with van der Waals surface area (Å²) in [6.45, 7) is 9.12. The Morgan fingerprint density at radius 3 is 2.76 bits per heavy atom. The van der Waals surface area contributed by atoms with E-state index in [1.165, 1.54) is 0 Å². The summed E-state index contributed by atoms with van der Waals surface area (Å²) in [4.78, 5) is 37.0. The normalized spacial score (nSPS) is 41.6. The van der Waals surface area contributed by atoms with Crippen LogP contribution in [0.2, 0.25) is 0 Å². The molecular formula is C19H26O6. The molecule has 0 aromatic heterocycles. The van der Waals surface area contributed by atoms with Crippen molar-refractivity contribution >= 4 is 17.7 Å². The lowest BCUT2D eigenvalue weighted by atomic mass is 9.67. The van der Waals surface area contributed by atoms with Gasteiger partial charge in [-0.15, -0.1) is 0 Å². The van der Waals surface area contributed by atoms with Crippen molar-refractivity contribution in [3.63, 3.8) is 0 Å². The number of carbonyl (C=O) groups excluding carboxylic acids is 3. The highest BCUT2D eigenvalue weighted by Crippen LogP contribution is 2.57. The zero-order chi connectivity index (χ0) is 18.6. The van der Waals surface area contributed by atoms with Crippen molar-refractivity contribution in [3.05, 3.63) is 12.2 Å². The second kappa shape index (κ2) is 5.94. The van der Waals surface area contributed by atoms with Crippen LogP contribution in [0.5, 0.6) is 0 Å². The summed E-state index contributed by atoms with van der Waals surface area (Å²) in [5, 5.41) is 11.5. The van der Waals surface area contributed by atoms with Crippen LogP contribution in [0.3, 0.4) is 0 Å². The van der Waals surface area contributed by atoms with Crippen molar-refractivity contribution < 1.29 is 29.0 Å². The number of ether oxygens (including phenoxy) is 2. The maximum absolute atomic E-state index is 12.7. The van der Waals surface area contributed by atoms with Gasteiger partial charge in [0.15, 0.2) is 0 Å². The molecule has 0 spiro atoms. The molecule has 3 fully saturated rings. The summed E-state index contributed by atoms with van der Waals surface area (Å²) in [6, 6.07) is 0. The molecule has 1 heterocycles. The first-order valence-corrected chi connectivity index (χ1v) is 9.02. The highest BCUT2D eigenvalue weighted by Gasteiger charge is 2.70. The van der Waals surface area contributed by atoms with Crippen molar-refractivity contribution in [2.24, 2.45) is 17.3 Å². The molecule has 25 heavy (non-hydrogen) atoms. The van der Waals surface area contributed by atoms with Crippen LogP contribution >= 0.6 is 0 Å². The van der Waals surface area contributed by atoms with Crippen LogP contribution in [0.25, 0.3) is 0 Å². The third-order valence-corrected chi connectivity index (χ3v) is 6.64. The van der Waals surface area contributed by atoms with E-state index in [0.717, 1.165) is 0 Å². The van der Waals surface area contributed by atoms with E-state index in [1.54, 1.807) is 13.8 Å². The minimum atomic E-state index is -1.53. The van der Waals surface area contributed by atoms with Gasteiger partial charge in [-0.1, -0.05) is 20.4 Å². The van der Waals surface area contributed by atoms with E-state index in [4.69, 9.17) is 9.47 Å². The second-order valence-electron chi connectivity index (χ2n) is 7.82. The highest BCUT2D eigenvalue weighted by molar-refractivity contribution is 5.95. The van der Waals surface area contributed by atoms with Crippen LogP contribution in [0.1, 0.15) is 52.9 Å². The third-order valence-electron chi connectivity index (χ3n) is 6.64. The van der Waals surface area contributed by atoms with Crippen LogP contribution < -0.4 is 0 Å². The van der Waals surface area contributed by atoms with Crippen molar-refractivity contribution in [2.75, 3.05) is 0 Å². The van der Waals surface area contributed by atoms with E-state index in [1.807, 2.05) is 6.92 Å². The number of hydrogen-bond donors (Lipinski definition) is 1. The van der Waals surface area contributed by atoms with E-state index in [0.29, 0.717) is 24.8 Å². The zero-order valence-corrected chi connectivity index (χ0v) is 15.0. The van der Waals surface area contributed by atoms with Gasteiger partial charge in [0, 0.05) is 17.9 Å². The van der Waals surface area contributed by atoms with E-state index in [-0.39, 0.29) is 36.4 Å². The van der Waals surface area contributed by atoms with Crippen LogP contribution in [-0.2, 0) is 23.9 Å². The zero-order valence-electron chi connectivity index (χ0n) is 15.0. The van der Waals surface area contributed by atoms with Crippen LogP contribution in [0.4, 0.5) is 0 Å². The molecule has 0 amide bonds. The SMILES string of the molecule is C=C1C(=O)O[C@@H]2[C@H]1CC[C@H](OC(=O)C(C)CC)[C@]1(O)CCC(=O)[C@@]21C. The molecule has 1 saturated heterocycles. The molecule has 1 N–H and O–H groups in total. The molecule has 0 bridgehead atoms. The van der Waals surface area contributed by atoms with Crippen LogP contribution in [0.15, 0.2) is 12.2 Å². The Bertz CT molecular complexity index is 640. The van der Waals surface area contributed by atoms with Gasteiger partial charge in [-0.25, -0.2) is 4.79 Å². The summed E-state index contributed by atoms with van der Waals surface area (Å²) >= 11 is 0. The summed E-state index contributed by atoms with van der Waals surface area (Å²) < 4.78 is 11.1. The Morgan fingerprint density at radius 2 is 2.12 bits per heavy atom. The fourth-order valence-electron chi connectivity index (χ4n) is 4.57. The molecule has 6 heteroatoms. The van der Waals surface area contributed by atoms with Crippen molar-refractivity contribution in [1.82, 2.24) is 0 Å². The van der Waals surface area contributed by atoms with Gasteiger partial charge in [0.05, 0.1) is 11.3 Å². The Kier molecular flexibility index (Phi) is 4.30. The van der Waals surface area contributed by atoms with Crippen molar-refractivity contribution in [3.8, 4) is 0 Å². The first kappa shape index (κ1) is 18.1. The Balaban J connectivity index is 2.00. The average Bonchev–Trinajstić information content (AvgIpc) is 2.97. The number of fused-ring (bicyclic) bond motifs is 3. The number of hydrogen-bond acceptors (Lipinski definition) is 6. The van der Waals surface area contributed by atoms with Crippen LogP contribution in [0, 0.1) is 17.3 Å². The number of rotatable bonds is 3. The lowest BCUT2D eigenvalue weighted by Crippen LogP contribution is -2.59. The van der Waals surface area contributed by atoms with E-state index in [2.05, 4.69) is 6.58 Å². The van der Waals surface area contributed by atoms with E-state index >= 15 is 0 Å². The predicted octanol–water partition coefficient (Wildman–Crippen LogP) is 1.94. The molecule has 2 aliphatic carbocycles. The fraction of sp³-hybridized carbons (Fsp3) is 0.737. The molecule has 0 aromatic rings. The van der Waals surface area contributed by atoms with Crippen molar-refractivity contribution in [1.29, 1.82) is 0 Å². The molecule has 1 unspecified atom stereocenters. The second-order valence-corrected chi connectivity index (χ2v) is 7.82. The molecule has 0 aromatic carbocycles. The Labute approximate surface area is 147 Å². The standard InChI is InChI=1S/C19H26O6/c1-5-10(2)16(21)24-14-7-6-12-11(3)17(22)25-15(12)18(4)13(20)8-9-19(14,18)23/h10,12,14-15,23H,3,5-9H2,1-2,4H3/t10?,12-,14-,15+,18-,19+/m0/s1. The van der Waals surface area contributed by atoms with Gasteiger partial charge in [0.1, 0.15) is 23.6 Å².